The molecule has 0 aliphatic heterocycles. The highest BCUT2D eigenvalue weighted by molar-refractivity contribution is 7.99. The Labute approximate surface area is 124 Å². The molecule has 0 amide bonds. The smallest absolute Gasteiger partial charge is 0.313 e. The maximum atomic E-state index is 10.6. The molecule has 2 rings (SSSR count). The van der Waals surface area contributed by atoms with Gasteiger partial charge in [-0.1, -0.05) is 11.8 Å². The molecular weight excluding hydrogens is 296 g/mol. The zero-order chi connectivity index (χ0) is 15.4. The summed E-state index contributed by atoms with van der Waals surface area (Å²) in [5.74, 6) is 6.35. The molecule has 9 heteroatoms. The molecule has 0 atom stereocenters. The molecule has 1 heterocycles. The van der Waals surface area contributed by atoms with Crippen LogP contribution in [0.3, 0.4) is 0 Å². The SMILES string of the molecule is COc1ccc(OC)c(-c2nnc(SCC(=O)O)n2N)c1. The summed E-state index contributed by atoms with van der Waals surface area (Å²) in [6, 6.07) is 5.20. The lowest BCUT2D eigenvalue weighted by Gasteiger charge is -2.10. The van der Waals surface area contributed by atoms with Crippen LogP contribution in [0.25, 0.3) is 11.4 Å². The van der Waals surface area contributed by atoms with E-state index in [9.17, 15) is 4.79 Å². The van der Waals surface area contributed by atoms with Gasteiger partial charge in [0.25, 0.3) is 0 Å². The third-order valence-corrected chi connectivity index (χ3v) is 3.56. The molecule has 1 aromatic heterocycles. The van der Waals surface area contributed by atoms with Crippen molar-refractivity contribution in [1.29, 1.82) is 0 Å². The number of hydrogen-bond acceptors (Lipinski definition) is 7. The van der Waals surface area contributed by atoms with E-state index in [-0.39, 0.29) is 5.75 Å². The molecule has 0 saturated heterocycles. The topological polar surface area (TPSA) is 112 Å². The standard InChI is InChI=1S/C12H14N4O4S/c1-19-7-3-4-9(20-2)8(5-7)11-14-15-12(16(11)13)21-6-10(17)18/h3-5H,6,13H2,1-2H3,(H,17,18). The van der Waals surface area contributed by atoms with E-state index in [1.54, 1.807) is 25.3 Å². The summed E-state index contributed by atoms with van der Waals surface area (Å²) in [5, 5.41) is 16.9. The minimum absolute atomic E-state index is 0.148. The average Bonchev–Trinajstić information content (AvgIpc) is 2.85. The Kier molecular flexibility index (Phi) is 4.53. The third kappa shape index (κ3) is 3.19. The first-order valence-corrected chi connectivity index (χ1v) is 6.83. The van der Waals surface area contributed by atoms with Crippen molar-refractivity contribution in [3.63, 3.8) is 0 Å². The summed E-state index contributed by atoms with van der Waals surface area (Å²) in [6.07, 6.45) is 0. The van der Waals surface area contributed by atoms with E-state index in [2.05, 4.69) is 10.2 Å². The van der Waals surface area contributed by atoms with Gasteiger partial charge in [-0.2, -0.15) is 0 Å². The molecule has 0 radical (unpaired) electrons. The number of methoxy groups -OCH3 is 2. The molecule has 2 aromatic rings. The maximum absolute atomic E-state index is 10.6. The highest BCUT2D eigenvalue weighted by atomic mass is 32.2. The predicted octanol–water partition coefficient (Wildman–Crippen LogP) is 0.853. The molecule has 0 saturated carbocycles. The lowest BCUT2D eigenvalue weighted by molar-refractivity contribution is -0.133. The van der Waals surface area contributed by atoms with Crippen LogP contribution in [0.2, 0.25) is 0 Å². The number of hydrogen-bond donors (Lipinski definition) is 2. The minimum atomic E-state index is -0.955. The summed E-state index contributed by atoms with van der Waals surface area (Å²) in [4.78, 5) is 10.6. The zero-order valence-electron chi connectivity index (χ0n) is 11.4. The van der Waals surface area contributed by atoms with Gasteiger partial charge < -0.3 is 20.4 Å². The van der Waals surface area contributed by atoms with Crippen molar-refractivity contribution in [3.8, 4) is 22.9 Å². The van der Waals surface area contributed by atoms with Crippen LogP contribution in [-0.2, 0) is 4.79 Å². The van der Waals surface area contributed by atoms with Crippen LogP contribution in [0.1, 0.15) is 0 Å². The van der Waals surface area contributed by atoms with Gasteiger partial charge in [-0.05, 0) is 18.2 Å². The Morgan fingerprint density at radius 2 is 2.14 bits per heavy atom. The second kappa shape index (κ2) is 6.35. The van der Waals surface area contributed by atoms with Gasteiger partial charge in [0.05, 0.1) is 25.5 Å². The molecule has 0 aliphatic rings. The molecule has 0 bridgehead atoms. The number of aromatic nitrogens is 3. The van der Waals surface area contributed by atoms with E-state index in [0.29, 0.717) is 28.0 Å². The lowest BCUT2D eigenvalue weighted by atomic mass is 10.2. The van der Waals surface area contributed by atoms with Gasteiger partial charge in [-0.3, -0.25) is 4.79 Å². The molecule has 1 aromatic carbocycles. The molecule has 0 unspecified atom stereocenters. The fraction of sp³-hybridized carbons (Fsp3) is 0.250. The fourth-order valence-corrected chi connectivity index (χ4v) is 2.25. The summed E-state index contributed by atoms with van der Waals surface area (Å²) >= 11 is 0.987. The van der Waals surface area contributed by atoms with Crippen LogP contribution in [0, 0.1) is 0 Å². The van der Waals surface area contributed by atoms with Crippen molar-refractivity contribution in [3.05, 3.63) is 18.2 Å². The molecule has 0 fully saturated rings. The highest BCUT2D eigenvalue weighted by Gasteiger charge is 2.17. The van der Waals surface area contributed by atoms with Gasteiger partial charge in [-0.25, -0.2) is 4.68 Å². The first-order chi connectivity index (χ1) is 10.1. The Morgan fingerprint density at radius 3 is 2.76 bits per heavy atom. The highest BCUT2D eigenvalue weighted by Crippen LogP contribution is 2.32. The van der Waals surface area contributed by atoms with E-state index in [1.807, 2.05) is 0 Å². The van der Waals surface area contributed by atoms with Crippen molar-refractivity contribution in [2.75, 3.05) is 25.8 Å². The van der Waals surface area contributed by atoms with Gasteiger partial charge in [0, 0.05) is 0 Å². The van der Waals surface area contributed by atoms with E-state index >= 15 is 0 Å². The molecular formula is C12H14N4O4S. The number of nitrogens with zero attached hydrogens (tertiary/aromatic N) is 3. The van der Waals surface area contributed by atoms with E-state index in [0.717, 1.165) is 11.8 Å². The normalized spacial score (nSPS) is 10.4. The summed E-state index contributed by atoms with van der Waals surface area (Å²) in [6.45, 7) is 0. The van der Waals surface area contributed by atoms with Crippen molar-refractivity contribution < 1.29 is 19.4 Å². The van der Waals surface area contributed by atoms with Gasteiger partial charge in [0.2, 0.25) is 5.16 Å². The molecule has 21 heavy (non-hydrogen) atoms. The Hall–Kier alpha value is -2.42. The average molecular weight is 310 g/mol. The van der Waals surface area contributed by atoms with Gasteiger partial charge in [-0.15, -0.1) is 10.2 Å². The largest absolute Gasteiger partial charge is 0.497 e. The zero-order valence-corrected chi connectivity index (χ0v) is 12.3. The summed E-state index contributed by atoms with van der Waals surface area (Å²) in [5.41, 5.74) is 0.606. The van der Waals surface area contributed by atoms with Gasteiger partial charge in [0.15, 0.2) is 5.82 Å². The minimum Gasteiger partial charge on any atom is -0.497 e. The van der Waals surface area contributed by atoms with Gasteiger partial charge in [0.1, 0.15) is 11.5 Å². The molecule has 112 valence electrons. The Bertz CT molecular complexity index is 659. The first kappa shape index (κ1) is 15.0. The molecule has 0 spiro atoms. The number of carbonyl (C=O) groups is 1. The number of carboxylic acid groups (broad SMARTS) is 1. The number of aliphatic carboxylic acids is 1. The number of nitrogen functional groups attached to an aromatic ring is 1. The fourth-order valence-electron chi connectivity index (χ4n) is 1.67. The Balaban J connectivity index is 2.40. The summed E-state index contributed by atoms with van der Waals surface area (Å²) < 4.78 is 11.7. The number of rotatable bonds is 6. The number of thioether (sulfide) groups is 1. The number of carboxylic acids is 1. The second-order valence-electron chi connectivity index (χ2n) is 3.92. The Morgan fingerprint density at radius 1 is 1.38 bits per heavy atom. The third-order valence-electron chi connectivity index (χ3n) is 2.64. The van der Waals surface area contributed by atoms with Crippen LogP contribution in [0.5, 0.6) is 11.5 Å². The van der Waals surface area contributed by atoms with Crippen molar-refractivity contribution in [2.24, 2.45) is 0 Å². The first-order valence-electron chi connectivity index (χ1n) is 5.84. The van der Waals surface area contributed by atoms with Crippen LogP contribution in [-0.4, -0.2) is 45.9 Å². The van der Waals surface area contributed by atoms with Crippen molar-refractivity contribution in [2.45, 2.75) is 5.16 Å². The second-order valence-corrected chi connectivity index (χ2v) is 4.87. The van der Waals surface area contributed by atoms with E-state index < -0.39 is 5.97 Å². The van der Waals surface area contributed by atoms with E-state index in [4.69, 9.17) is 20.4 Å². The van der Waals surface area contributed by atoms with Crippen molar-refractivity contribution in [1.82, 2.24) is 14.9 Å². The van der Waals surface area contributed by atoms with Crippen LogP contribution in [0.15, 0.2) is 23.4 Å². The summed E-state index contributed by atoms with van der Waals surface area (Å²) in [7, 11) is 3.08. The van der Waals surface area contributed by atoms with E-state index in [1.165, 1.54) is 11.8 Å². The van der Waals surface area contributed by atoms with Gasteiger partial charge >= 0.3 is 5.97 Å². The quantitative estimate of drug-likeness (QED) is 0.596. The number of ether oxygens (including phenoxy) is 2. The predicted molar refractivity (Wildman–Crippen MR) is 77.1 cm³/mol. The number of nitrogens with two attached hydrogens (primary N) is 1. The molecule has 8 nitrogen and oxygen atoms in total. The van der Waals surface area contributed by atoms with Crippen molar-refractivity contribution >= 4 is 17.7 Å². The maximum Gasteiger partial charge on any atom is 0.313 e. The molecule has 0 aliphatic carbocycles. The molecule has 3 N–H and O–H groups in total. The van der Waals surface area contributed by atoms with Crippen LogP contribution < -0.4 is 15.3 Å². The number of benzene rings is 1. The lowest BCUT2D eigenvalue weighted by Crippen LogP contribution is -2.13. The monoisotopic (exact) mass is 310 g/mol. The van der Waals surface area contributed by atoms with Crippen LogP contribution >= 0.6 is 11.8 Å². The van der Waals surface area contributed by atoms with Crippen LogP contribution in [0.4, 0.5) is 0 Å².